The van der Waals surface area contributed by atoms with Crippen LogP contribution in [0.25, 0.3) is 11.1 Å². The molecule has 6 aromatic carbocycles. The third kappa shape index (κ3) is 5.00. The van der Waals surface area contributed by atoms with Gasteiger partial charge in [0.1, 0.15) is 13.2 Å². The van der Waals surface area contributed by atoms with E-state index in [0.717, 1.165) is 44.5 Å². The van der Waals surface area contributed by atoms with Crippen LogP contribution >= 0.6 is 0 Å². The van der Waals surface area contributed by atoms with Crippen molar-refractivity contribution in [3.05, 3.63) is 202 Å². The van der Waals surface area contributed by atoms with Crippen molar-refractivity contribution < 1.29 is 19.1 Å². The topological polar surface area (TPSA) is 52.6 Å². The van der Waals surface area contributed by atoms with Crippen LogP contribution in [0.1, 0.15) is 54.1 Å². The molecule has 218 valence electrons. The summed E-state index contributed by atoms with van der Waals surface area (Å²) in [6.07, 6.45) is 0. The molecule has 0 heterocycles. The molecular formula is C41H30O4. The SMILES string of the molecule is O=C(OCc1ccccc1)c1ccccc1C1(c2ccccc2C(=O)OCc2ccccc2)c2ccccc2-c2ccccc21. The van der Waals surface area contributed by atoms with E-state index < -0.39 is 17.4 Å². The lowest BCUT2D eigenvalue weighted by molar-refractivity contribution is 0.0464. The Morgan fingerprint density at radius 3 is 1.16 bits per heavy atom. The number of fused-ring (bicyclic) bond motifs is 3. The van der Waals surface area contributed by atoms with Crippen LogP contribution in [0.5, 0.6) is 0 Å². The molecule has 0 aliphatic heterocycles. The molecule has 0 unspecified atom stereocenters. The molecule has 4 nitrogen and oxygen atoms in total. The quantitative estimate of drug-likeness (QED) is 0.167. The number of hydrogen-bond donors (Lipinski definition) is 0. The highest BCUT2D eigenvalue weighted by atomic mass is 16.5. The molecule has 7 rings (SSSR count). The van der Waals surface area contributed by atoms with Crippen molar-refractivity contribution in [1.29, 1.82) is 0 Å². The number of rotatable bonds is 8. The van der Waals surface area contributed by atoms with Crippen molar-refractivity contribution in [2.24, 2.45) is 0 Å². The molecule has 0 saturated carbocycles. The molecule has 0 aromatic heterocycles. The van der Waals surface area contributed by atoms with Gasteiger partial charge in [-0.1, -0.05) is 146 Å². The standard InChI is InChI=1S/C41H30O4/c42-39(44-27-29-15-3-1-4-16-29)33-21-9-13-25-37(33)41(35-23-11-7-19-31(35)32-20-8-12-24-36(32)41)38-26-14-10-22-34(38)40(43)45-28-30-17-5-2-6-18-30/h1-26H,27-28H2. The Bertz CT molecular complexity index is 1850. The molecule has 0 fully saturated rings. The predicted octanol–water partition coefficient (Wildman–Crippen LogP) is 8.76. The molecule has 0 bridgehead atoms. The molecule has 45 heavy (non-hydrogen) atoms. The predicted molar refractivity (Wildman–Crippen MR) is 175 cm³/mol. The Morgan fingerprint density at radius 2 is 0.733 bits per heavy atom. The average molecular weight is 587 g/mol. The molecule has 0 spiro atoms. The van der Waals surface area contributed by atoms with Crippen LogP contribution < -0.4 is 0 Å². The van der Waals surface area contributed by atoms with Gasteiger partial charge in [0.15, 0.2) is 0 Å². The van der Waals surface area contributed by atoms with Crippen molar-refractivity contribution in [2.45, 2.75) is 18.6 Å². The molecule has 0 radical (unpaired) electrons. The van der Waals surface area contributed by atoms with Crippen molar-refractivity contribution >= 4 is 11.9 Å². The molecule has 0 amide bonds. The number of benzene rings is 6. The van der Waals surface area contributed by atoms with Gasteiger partial charge in [0.2, 0.25) is 0 Å². The molecule has 4 heteroatoms. The third-order valence-corrected chi connectivity index (χ3v) is 8.48. The van der Waals surface area contributed by atoms with E-state index in [1.807, 2.05) is 133 Å². The summed E-state index contributed by atoms with van der Waals surface area (Å²) in [6.45, 7) is 0.299. The second-order valence-electron chi connectivity index (χ2n) is 11.1. The minimum Gasteiger partial charge on any atom is -0.457 e. The van der Waals surface area contributed by atoms with Gasteiger partial charge < -0.3 is 9.47 Å². The Morgan fingerprint density at radius 1 is 0.400 bits per heavy atom. The zero-order valence-electron chi connectivity index (χ0n) is 24.6. The Balaban J connectivity index is 1.42. The molecular weight excluding hydrogens is 556 g/mol. The maximum atomic E-state index is 14.0. The maximum absolute atomic E-state index is 14.0. The highest BCUT2D eigenvalue weighted by Gasteiger charge is 2.49. The molecule has 0 saturated heterocycles. The minimum atomic E-state index is -1.00. The molecule has 6 aromatic rings. The van der Waals surface area contributed by atoms with E-state index in [4.69, 9.17) is 9.47 Å². The van der Waals surface area contributed by atoms with Crippen LogP contribution in [-0.2, 0) is 28.1 Å². The lowest BCUT2D eigenvalue weighted by atomic mass is 9.65. The molecule has 0 atom stereocenters. The van der Waals surface area contributed by atoms with Gasteiger partial charge in [0.05, 0.1) is 16.5 Å². The molecule has 0 N–H and O–H groups in total. The third-order valence-electron chi connectivity index (χ3n) is 8.48. The normalized spacial score (nSPS) is 12.5. The van der Waals surface area contributed by atoms with Crippen molar-refractivity contribution in [2.75, 3.05) is 0 Å². The first-order chi connectivity index (χ1) is 22.2. The first kappa shape index (κ1) is 28.1. The van der Waals surface area contributed by atoms with Crippen LogP contribution in [0.4, 0.5) is 0 Å². The fourth-order valence-electron chi connectivity index (χ4n) is 6.54. The van der Waals surface area contributed by atoms with E-state index in [9.17, 15) is 9.59 Å². The summed E-state index contributed by atoms with van der Waals surface area (Å²) in [5.74, 6) is -0.861. The van der Waals surface area contributed by atoms with E-state index in [-0.39, 0.29) is 13.2 Å². The van der Waals surface area contributed by atoms with E-state index in [1.165, 1.54) is 0 Å². The number of esters is 2. The lowest BCUT2D eigenvalue weighted by Crippen LogP contribution is -2.33. The summed E-state index contributed by atoms with van der Waals surface area (Å²) in [4.78, 5) is 27.9. The molecule has 1 aliphatic carbocycles. The summed E-state index contributed by atoms with van der Waals surface area (Å²) >= 11 is 0. The number of hydrogen-bond acceptors (Lipinski definition) is 4. The van der Waals surface area contributed by atoms with Crippen LogP contribution in [0.2, 0.25) is 0 Å². The van der Waals surface area contributed by atoms with Crippen LogP contribution in [0.3, 0.4) is 0 Å². The zero-order valence-corrected chi connectivity index (χ0v) is 24.6. The zero-order chi connectivity index (χ0) is 30.6. The summed E-state index contributed by atoms with van der Waals surface area (Å²) in [5.41, 5.74) is 7.23. The van der Waals surface area contributed by atoms with E-state index >= 15 is 0 Å². The fourth-order valence-corrected chi connectivity index (χ4v) is 6.54. The van der Waals surface area contributed by atoms with Crippen molar-refractivity contribution in [3.8, 4) is 11.1 Å². The van der Waals surface area contributed by atoms with Crippen LogP contribution in [0.15, 0.2) is 158 Å². The minimum absolute atomic E-state index is 0.149. The monoisotopic (exact) mass is 586 g/mol. The van der Waals surface area contributed by atoms with Crippen LogP contribution in [-0.4, -0.2) is 11.9 Å². The van der Waals surface area contributed by atoms with Gasteiger partial charge in [-0.25, -0.2) is 9.59 Å². The largest absolute Gasteiger partial charge is 0.457 e. The van der Waals surface area contributed by atoms with Gasteiger partial charge in [-0.3, -0.25) is 0 Å². The Hall–Kier alpha value is -5.74. The van der Waals surface area contributed by atoms with Gasteiger partial charge in [0, 0.05) is 0 Å². The van der Waals surface area contributed by atoms with E-state index in [2.05, 4.69) is 24.3 Å². The smallest absolute Gasteiger partial charge is 0.338 e. The summed E-state index contributed by atoms with van der Waals surface area (Å²) in [5, 5.41) is 0. The van der Waals surface area contributed by atoms with Crippen molar-refractivity contribution in [3.63, 3.8) is 0 Å². The van der Waals surface area contributed by atoms with E-state index in [1.54, 1.807) is 0 Å². The summed E-state index contributed by atoms with van der Waals surface area (Å²) < 4.78 is 11.8. The van der Waals surface area contributed by atoms with Crippen molar-refractivity contribution in [1.82, 2.24) is 0 Å². The maximum Gasteiger partial charge on any atom is 0.338 e. The molecule has 1 aliphatic rings. The second kappa shape index (κ2) is 12.1. The van der Waals surface area contributed by atoms with Gasteiger partial charge in [-0.2, -0.15) is 0 Å². The Labute approximate surface area is 262 Å². The number of carbonyl (C=O) groups is 2. The number of carbonyl (C=O) groups excluding carboxylic acids is 2. The van der Waals surface area contributed by atoms with Crippen LogP contribution in [0, 0.1) is 0 Å². The van der Waals surface area contributed by atoms with E-state index in [0.29, 0.717) is 11.1 Å². The highest BCUT2D eigenvalue weighted by Crippen LogP contribution is 2.57. The average Bonchev–Trinajstić information content (AvgIpc) is 3.41. The summed E-state index contributed by atoms with van der Waals surface area (Å²) in [6, 6.07) is 50.9. The second-order valence-corrected chi connectivity index (χ2v) is 11.1. The van der Waals surface area contributed by atoms with Gasteiger partial charge in [-0.15, -0.1) is 0 Å². The lowest BCUT2D eigenvalue weighted by Gasteiger charge is -2.36. The first-order valence-electron chi connectivity index (χ1n) is 15.0. The van der Waals surface area contributed by atoms with Gasteiger partial charge in [-0.05, 0) is 56.6 Å². The first-order valence-corrected chi connectivity index (χ1v) is 15.0. The van der Waals surface area contributed by atoms with Gasteiger partial charge in [0.25, 0.3) is 0 Å². The Kier molecular flexibility index (Phi) is 7.54. The highest BCUT2D eigenvalue weighted by molar-refractivity contribution is 5.98. The number of ether oxygens (including phenoxy) is 2. The van der Waals surface area contributed by atoms with Gasteiger partial charge >= 0.3 is 11.9 Å². The fraction of sp³-hybridized carbons (Fsp3) is 0.0732. The summed E-state index contributed by atoms with van der Waals surface area (Å²) in [7, 11) is 0.